The fraction of sp³-hybridized carbons (Fsp3) is 0.931. The summed E-state index contributed by atoms with van der Waals surface area (Å²) in [6.07, 6.45) is -22.7. The lowest BCUT2D eigenvalue weighted by Gasteiger charge is -2.48. The fourth-order valence-electron chi connectivity index (χ4n) is 5.97. The molecule has 0 aromatic carbocycles. The first kappa shape index (κ1) is 42.7. The topological polar surface area (TPSA) is 350 Å². The molecule has 21 heteroatoms. The maximum atomic E-state index is 12.5. The number of aliphatic hydroxyl groups is 10. The van der Waals surface area contributed by atoms with Crippen molar-refractivity contribution in [1.29, 1.82) is 0 Å². The number of carboxylic acids is 1. The van der Waals surface area contributed by atoms with E-state index in [4.69, 9.17) is 34.2 Å². The molecule has 3 fully saturated rings. The van der Waals surface area contributed by atoms with Crippen LogP contribution in [0.4, 0.5) is 0 Å². The summed E-state index contributed by atoms with van der Waals surface area (Å²) in [5.74, 6) is -5.40. The van der Waals surface area contributed by atoms with Crippen molar-refractivity contribution in [2.75, 3.05) is 33.0 Å². The molecule has 3 rings (SSSR count). The van der Waals surface area contributed by atoms with E-state index in [1.54, 1.807) is 0 Å². The number of hydrogen-bond acceptors (Lipinski definition) is 19. The lowest BCUT2D eigenvalue weighted by molar-refractivity contribution is -0.367. The number of hydrogen-bond donors (Lipinski definition) is 13. The van der Waals surface area contributed by atoms with Crippen molar-refractivity contribution in [3.8, 4) is 0 Å². The van der Waals surface area contributed by atoms with Gasteiger partial charge < -0.3 is 95.6 Å². The molecule has 0 saturated carbocycles. The van der Waals surface area contributed by atoms with E-state index in [9.17, 15) is 65.8 Å². The number of carbonyl (C=O) groups is 2. The van der Waals surface area contributed by atoms with Crippen LogP contribution < -0.4 is 11.1 Å². The van der Waals surface area contributed by atoms with Gasteiger partial charge in [0.05, 0.1) is 32.0 Å². The van der Waals surface area contributed by atoms with Crippen molar-refractivity contribution in [2.45, 2.75) is 137 Å². The number of carboxylic acid groups (broad SMARTS) is 1. The zero-order valence-electron chi connectivity index (χ0n) is 27.5. The van der Waals surface area contributed by atoms with Crippen LogP contribution in [0.15, 0.2) is 0 Å². The zero-order valence-corrected chi connectivity index (χ0v) is 27.5. The van der Waals surface area contributed by atoms with Gasteiger partial charge in [0.15, 0.2) is 12.6 Å². The van der Waals surface area contributed by atoms with Crippen LogP contribution in [-0.4, -0.2) is 199 Å². The van der Waals surface area contributed by atoms with Gasteiger partial charge in [-0.15, -0.1) is 0 Å². The molecule has 3 heterocycles. The van der Waals surface area contributed by atoms with E-state index < -0.39 is 136 Å². The van der Waals surface area contributed by atoms with Crippen LogP contribution in [-0.2, 0) is 38.0 Å². The van der Waals surface area contributed by atoms with Crippen molar-refractivity contribution in [3.05, 3.63) is 0 Å². The molecule has 1 amide bonds. The van der Waals surface area contributed by atoms with Crippen LogP contribution in [0, 0.1) is 0 Å². The summed E-state index contributed by atoms with van der Waals surface area (Å²) in [7, 11) is 0. The van der Waals surface area contributed by atoms with E-state index in [-0.39, 0.29) is 6.61 Å². The van der Waals surface area contributed by atoms with Gasteiger partial charge >= 0.3 is 5.97 Å². The van der Waals surface area contributed by atoms with Crippen LogP contribution in [0.5, 0.6) is 0 Å². The van der Waals surface area contributed by atoms with Gasteiger partial charge in [-0.3, -0.25) is 4.79 Å². The maximum absolute atomic E-state index is 12.5. The lowest BCUT2D eigenvalue weighted by Crippen LogP contribution is -2.68. The Morgan fingerprint density at radius 2 is 1.54 bits per heavy atom. The molecule has 3 aliphatic rings. The molecular weight excluding hydrogens is 680 g/mol. The average Bonchev–Trinajstić information content (AvgIpc) is 3.08. The molecule has 3 aliphatic heterocycles. The Bertz CT molecular complexity index is 1060. The molecule has 0 aromatic rings. The molecule has 21 nitrogen and oxygen atoms in total. The lowest BCUT2D eigenvalue weighted by atomic mass is 9.88. The predicted molar refractivity (Wildman–Crippen MR) is 161 cm³/mol. The third kappa shape index (κ3) is 10.2. The first-order chi connectivity index (χ1) is 23.6. The van der Waals surface area contributed by atoms with Crippen molar-refractivity contribution >= 4 is 11.9 Å². The first-order valence-electron chi connectivity index (χ1n) is 16.4. The third-order valence-corrected chi connectivity index (χ3v) is 8.83. The summed E-state index contributed by atoms with van der Waals surface area (Å²) in [6, 6.07) is -1.48. The first-order valence-corrected chi connectivity index (χ1v) is 16.4. The highest BCUT2D eigenvalue weighted by Gasteiger charge is 2.57. The summed E-state index contributed by atoms with van der Waals surface area (Å²) in [5, 5.41) is 117. The molecule has 0 aromatic heterocycles. The molecule has 50 heavy (non-hydrogen) atoms. The average molecular weight is 733 g/mol. The van der Waals surface area contributed by atoms with Crippen molar-refractivity contribution in [2.24, 2.45) is 5.73 Å². The van der Waals surface area contributed by atoms with Crippen LogP contribution in [0.25, 0.3) is 0 Å². The van der Waals surface area contributed by atoms with Crippen molar-refractivity contribution in [1.82, 2.24) is 5.32 Å². The van der Waals surface area contributed by atoms with Crippen LogP contribution in [0.2, 0.25) is 0 Å². The SMILES string of the molecule is CC(=O)N[C@@H]1C(O)C[C@](OCC2O[C@@H](O[C@@H]3C(CO)OC(OCCCCCCN)C(O)[C@H]3O)C(O)[C@@H](O)[C@H]2O)(C(=O)O)OC1[C@H](O)[C@H](O)CO. The second kappa shape index (κ2) is 19.4. The van der Waals surface area contributed by atoms with Gasteiger partial charge in [-0.1, -0.05) is 12.8 Å². The normalized spacial score (nSPS) is 40.6. The number of aliphatic carboxylic acids is 1. The second-order valence-electron chi connectivity index (χ2n) is 12.6. The van der Waals surface area contributed by atoms with E-state index >= 15 is 0 Å². The Morgan fingerprint density at radius 1 is 0.900 bits per heavy atom. The highest BCUT2D eigenvalue weighted by Crippen LogP contribution is 2.35. The smallest absolute Gasteiger partial charge is 0.364 e. The summed E-state index contributed by atoms with van der Waals surface area (Å²) in [5.41, 5.74) is 5.47. The van der Waals surface area contributed by atoms with E-state index in [0.29, 0.717) is 13.0 Å². The van der Waals surface area contributed by atoms with Crippen molar-refractivity contribution in [3.63, 3.8) is 0 Å². The molecule has 0 spiro atoms. The zero-order chi connectivity index (χ0) is 37.3. The molecule has 14 N–H and O–H groups in total. The van der Waals surface area contributed by atoms with Gasteiger partial charge in [0.2, 0.25) is 5.91 Å². The quantitative estimate of drug-likeness (QED) is 0.0582. The minimum absolute atomic E-state index is 0.160. The Morgan fingerprint density at radius 3 is 2.14 bits per heavy atom. The molecular formula is C29H52N2O19. The monoisotopic (exact) mass is 732 g/mol. The Hall–Kier alpha value is -1.74. The van der Waals surface area contributed by atoms with Gasteiger partial charge in [-0.2, -0.15) is 0 Å². The van der Waals surface area contributed by atoms with E-state index in [0.717, 1.165) is 26.2 Å². The highest BCUT2D eigenvalue weighted by molar-refractivity contribution is 5.76. The summed E-state index contributed by atoms with van der Waals surface area (Å²) < 4.78 is 33.4. The van der Waals surface area contributed by atoms with Crippen LogP contribution in [0.1, 0.15) is 39.0 Å². The number of carbonyl (C=O) groups excluding carboxylic acids is 1. The summed E-state index contributed by atoms with van der Waals surface area (Å²) in [4.78, 5) is 24.2. The molecule has 0 radical (unpaired) electrons. The minimum Gasteiger partial charge on any atom is -0.477 e. The van der Waals surface area contributed by atoms with E-state index in [1.807, 2.05) is 0 Å². The van der Waals surface area contributed by atoms with Crippen LogP contribution in [0.3, 0.4) is 0 Å². The largest absolute Gasteiger partial charge is 0.477 e. The number of aliphatic hydroxyl groups excluding tert-OH is 10. The second-order valence-corrected chi connectivity index (χ2v) is 12.6. The molecule has 16 atom stereocenters. The Labute approximate surface area is 287 Å². The number of ether oxygens (including phenoxy) is 6. The third-order valence-electron chi connectivity index (χ3n) is 8.83. The van der Waals surface area contributed by atoms with Gasteiger partial charge in [0, 0.05) is 20.0 Å². The molecule has 7 unspecified atom stereocenters. The van der Waals surface area contributed by atoms with Gasteiger partial charge in [-0.05, 0) is 19.4 Å². The van der Waals surface area contributed by atoms with Gasteiger partial charge in [0.25, 0.3) is 5.79 Å². The molecule has 0 bridgehead atoms. The number of nitrogens with two attached hydrogens (primary N) is 1. The predicted octanol–water partition coefficient (Wildman–Crippen LogP) is -6.68. The summed E-state index contributed by atoms with van der Waals surface area (Å²) >= 11 is 0. The highest BCUT2D eigenvalue weighted by atomic mass is 16.8. The number of amides is 1. The number of nitrogens with one attached hydrogen (secondary N) is 1. The van der Waals surface area contributed by atoms with Gasteiger partial charge in [-0.25, -0.2) is 4.79 Å². The molecule has 0 aliphatic carbocycles. The van der Waals surface area contributed by atoms with Gasteiger partial charge in [0.1, 0.15) is 67.1 Å². The number of rotatable bonds is 18. The standard InChI is InChI=1S/C29H52N2O19/c1-12(34)31-17-13(35)8-29(28(43)44,50-25(17)18(37)14(36)9-32)46-11-16-19(38)20(39)22(41)27(48-16)49-24-15(10-33)47-26(23(42)21(24)40)45-7-5-3-2-4-6-30/h13-27,32-33,35-42H,2-11,30H2,1H3,(H,31,34)(H,43,44)/t13?,14-,15?,16?,17-,18-,19+,20+,21-,22?,23?,24-,25?,26?,27+,29-/m1/s1. The fourth-order valence-corrected chi connectivity index (χ4v) is 5.97. The summed E-state index contributed by atoms with van der Waals surface area (Å²) in [6.45, 7) is -0.942. The maximum Gasteiger partial charge on any atom is 0.364 e. The number of unbranched alkanes of at least 4 members (excludes halogenated alkanes) is 3. The minimum atomic E-state index is -2.82. The van der Waals surface area contributed by atoms with E-state index in [2.05, 4.69) is 5.32 Å². The molecule has 292 valence electrons. The Balaban J connectivity index is 1.73. The molecule has 3 saturated heterocycles. The van der Waals surface area contributed by atoms with E-state index in [1.165, 1.54) is 0 Å². The Kier molecular flexibility index (Phi) is 16.5. The van der Waals surface area contributed by atoms with Crippen molar-refractivity contribution < 1.29 is 94.2 Å². The van der Waals surface area contributed by atoms with Crippen LogP contribution >= 0.6 is 0 Å².